The Morgan fingerprint density at radius 2 is 1.42 bits per heavy atom. The quantitative estimate of drug-likeness (QED) is 0.765. The van der Waals surface area contributed by atoms with Crippen LogP contribution in [-0.4, -0.2) is 33.2 Å². The number of hydrogen-bond donors (Lipinski definition) is 0. The van der Waals surface area contributed by atoms with E-state index in [2.05, 4.69) is 0 Å². The average Bonchev–Trinajstić information content (AvgIpc) is 2.61. The second-order valence-electron chi connectivity index (χ2n) is 6.38. The summed E-state index contributed by atoms with van der Waals surface area (Å²) in [7, 11) is -2.49. The van der Waals surface area contributed by atoms with Gasteiger partial charge in [0, 0.05) is 30.4 Å². The molecule has 1 aliphatic heterocycles. The first-order chi connectivity index (χ1) is 11.5. The summed E-state index contributed by atoms with van der Waals surface area (Å²) in [6.45, 7) is 4.60. The van der Waals surface area contributed by atoms with Crippen LogP contribution in [0.1, 0.15) is 11.1 Å². The molecule has 3 rings (SSSR count). The van der Waals surface area contributed by atoms with E-state index in [1.807, 2.05) is 60.7 Å². The molecule has 0 N–H and O–H groups in total. The predicted octanol–water partition coefficient (Wildman–Crippen LogP) is 4.11. The van der Waals surface area contributed by atoms with Gasteiger partial charge < -0.3 is 14.0 Å². The van der Waals surface area contributed by atoms with E-state index in [9.17, 15) is 4.57 Å². The zero-order valence-electron chi connectivity index (χ0n) is 14.1. The molecular weight excluding hydrogens is 323 g/mol. The molecule has 5 heteroatoms. The second-order valence-corrected chi connectivity index (χ2v) is 9.15. The van der Waals surface area contributed by atoms with Gasteiger partial charge in [0.1, 0.15) is 0 Å². The van der Waals surface area contributed by atoms with Crippen molar-refractivity contribution in [3.63, 3.8) is 0 Å². The molecule has 128 valence electrons. The number of ether oxygens (including phenoxy) is 2. The first kappa shape index (κ1) is 17.4. The van der Waals surface area contributed by atoms with Gasteiger partial charge in [-0.25, -0.2) is 0 Å². The van der Waals surface area contributed by atoms with E-state index in [4.69, 9.17) is 14.0 Å². The van der Waals surface area contributed by atoms with Crippen LogP contribution in [0.25, 0.3) is 0 Å². The molecule has 1 aliphatic rings. The molecule has 1 fully saturated rings. The molecule has 0 aliphatic carbocycles. The van der Waals surface area contributed by atoms with Crippen molar-refractivity contribution in [2.24, 2.45) is 5.92 Å². The lowest BCUT2D eigenvalue weighted by Crippen LogP contribution is -2.44. The fraction of sp³-hybridized carbons (Fsp3) is 0.368. The maximum absolute atomic E-state index is 11.7. The summed E-state index contributed by atoms with van der Waals surface area (Å²) in [5, 5.41) is 0. The Morgan fingerprint density at radius 3 is 1.83 bits per heavy atom. The smallest absolute Gasteiger partial charge is 0.222 e. The fourth-order valence-electron chi connectivity index (χ4n) is 2.76. The standard InChI is InChI=1S/C19H23O4P/c1-24(2,20)23-15-16-13-21-19(22-14-16,17-9-5-3-6-10-17)18-11-7-4-8-12-18/h3-12,16H,13-15H2,1-2H3. The van der Waals surface area contributed by atoms with Crippen molar-refractivity contribution in [3.05, 3.63) is 71.8 Å². The van der Waals surface area contributed by atoms with Gasteiger partial charge in [0.2, 0.25) is 5.79 Å². The van der Waals surface area contributed by atoms with Crippen LogP contribution in [0.2, 0.25) is 0 Å². The normalized spacial score (nSPS) is 18.4. The highest BCUT2D eigenvalue weighted by Crippen LogP contribution is 2.41. The lowest BCUT2D eigenvalue weighted by atomic mass is 9.95. The van der Waals surface area contributed by atoms with Gasteiger partial charge >= 0.3 is 0 Å². The van der Waals surface area contributed by atoms with E-state index in [-0.39, 0.29) is 5.92 Å². The Labute approximate surface area is 143 Å². The zero-order chi connectivity index (χ0) is 17.0. The highest BCUT2D eigenvalue weighted by Gasteiger charge is 2.41. The van der Waals surface area contributed by atoms with Crippen LogP contribution < -0.4 is 0 Å². The summed E-state index contributed by atoms with van der Waals surface area (Å²) >= 11 is 0. The largest absolute Gasteiger partial charge is 0.342 e. The Kier molecular flexibility index (Phi) is 5.21. The van der Waals surface area contributed by atoms with Crippen molar-refractivity contribution in [2.75, 3.05) is 33.2 Å². The SMILES string of the molecule is CP(C)(=O)OCC1COC(c2ccccc2)(c2ccccc2)OC1. The highest BCUT2D eigenvalue weighted by molar-refractivity contribution is 7.57. The third-order valence-corrected chi connectivity index (χ3v) is 4.74. The molecular formula is C19H23O4P. The van der Waals surface area contributed by atoms with Crippen LogP contribution in [0.3, 0.4) is 0 Å². The lowest BCUT2D eigenvalue weighted by Gasteiger charge is -2.40. The average molecular weight is 346 g/mol. The topological polar surface area (TPSA) is 44.8 Å². The predicted molar refractivity (Wildman–Crippen MR) is 94.5 cm³/mol. The minimum absolute atomic E-state index is 0.0683. The summed E-state index contributed by atoms with van der Waals surface area (Å²) in [6, 6.07) is 19.9. The molecule has 0 aromatic heterocycles. The summed E-state index contributed by atoms with van der Waals surface area (Å²) in [5.41, 5.74) is 1.93. The minimum Gasteiger partial charge on any atom is -0.342 e. The van der Waals surface area contributed by atoms with Crippen LogP contribution in [0, 0.1) is 5.92 Å². The van der Waals surface area contributed by atoms with Gasteiger partial charge in [-0.1, -0.05) is 60.7 Å². The highest BCUT2D eigenvalue weighted by atomic mass is 31.2. The molecule has 2 aromatic carbocycles. The maximum Gasteiger partial charge on any atom is 0.222 e. The Hall–Kier alpha value is -1.45. The maximum atomic E-state index is 11.7. The van der Waals surface area contributed by atoms with E-state index in [0.717, 1.165) is 11.1 Å². The van der Waals surface area contributed by atoms with E-state index < -0.39 is 13.2 Å². The Morgan fingerprint density at radius 1 is 0.958 bits per heavy atom. The molecule has 0 spiro atoms. The van der Waals surface area contributed by atoms with Gasteiger partial charge in [-0.3, -0.25) is 4.57 Å². The third-order valence-electron chi connectivity index (χ3n) is 3.97. The molecule has 0 bridgehead atoms. The molecule has 1 heterocycles. The number of hydrogen-bond acceptors (Lipinski definition) is 4. The van der Waals surface area contributed by atoms with E-state index in [0.29, 0.717) is 19.8 Å². The van der Waals surface area contributed by atoms with Gasteiger partial charge in [-0.2, -0.15) is 0 Å². The summed E-state index contributed by atoms with van der Waals surface area (Å²) in [6.07, 6.45) is 0. The van der Waals surface area contributed by atoms with Gasteiger partial charge in [0.15, 0.2) is 7.37 Å². The van der Waals surface area contributed by atoms with Crippen molar-refractivity contribution in [2.45, 2.75) is 5.79 Å². The van der Waals surface area contributed by atoms with E-state index >= 15 is 0 Å². The van der Waals surface area contributed by atoms with Crippen molar-refractivity contribution in [1.29, 1.82) is 0 Å². The van der Waals surface area contributed by atoms with Gasteiger partial charge in [-0.15, -0.1) is 0 Å². The van der Waals surface area contributed by atoms with E-state index in [1.54, 1.807) is 13.3 Å². The van der Waals surface area contributed by atoms with Crippen molar-refractivity contribution < 1.29 is 18.6 Å². The molecule has 1 saturated heterocycles. The first-order valence-corrected chi connectivity index (χ1v) is 10.6. The Balaban J connectivity index is 1.81. The Bertz CT molecular complexity index is 646. The number of rotatable bonds is 5. The number of benzene rings is 2. The summed E-state index contributed by atoms with van der Waals surface area (Å²) < 4.78 is 29.6. The molecule has 0 atom stereocenters. The van der Waals surface area contributed by atoms with Crippen LogP contribution in [0.5, 0.6) is 0 Å². The van der Waals surface area contributed by atoms with Gasteiger partial charge in [0.25, 0.3) is 0 Å². The van der Waals surface area contributed by atoms with E-state index in [1.165, 1.54) is 0 Å². The fourth-order valence-corrected chi connectivity index (χ4v) is 3.33. The van der Waals surface area contributed by atoms with Crippen molar-refractivity contribution >= 4 is 7.37 Å². The molecule has 4 nitrogen and oxygen atoms in total. The van der Waals surface area contributed by atoms with Crippen LogP contribution in [0.15, 0.2) is 60.7 Å². The summed E-state index contributed by atoms with van der Waals surface area (Å²) in [4.78, 5) is 0. The second kappa shape index (κ2) is 7.20. The molecule has 0 unspecified atom stereocenters. The third kappa shape index (κ3) is 3.96. The zero-order valence-corrected chi connectivity index (χ0v) is 14.9. The summed E-state index contributed by atoms with van der Waals surface area (Å²) in [5.74, 6) is -0.833. The molecule has 24 heavy (non-hydrogen) atoms. The first-order valence-electron chi connectivity index (χ1n) is 8.08. The van der Waals surface area contributed by atoms with Crippen LogP contribution in [-0.2, 0) is 24.3 Å². The van der Waals surface area contributed by atoms with Gasteiger partial charge in [0.05, 0.1) is 19.8 Å². The van der Waals surface area contributed by atoms with Crippen molar-refractivity contribution in [1.82, 2.24) is 0 Å². The molecule has 2 aromatic rings. The van der Waals surface area contributed by atoms with Crippen LogP contribution in [0.4, 0.5) is 0 Å². The molecule has 0 saturated carbocycles. The van der Waals surface area contributed by atoms with Crippen LogP contribution >= 0.6 is 7.37 Å². The molecule has 0 amide bonds. The molecule has 0 radical (unpaired) electrons. The minimum atomic E-state index is -2.49. The van der Waals surface area contributed by atoms with Gasteiger partial charge in [-0.05, 0) is 0 Å². The van der Waals surface area contributed by atoms with Crippen molar-refractivity contribution in [3.8, 4) is 0 Å². The monoisotopic (exact) mass is 346 g/mol. The lowest BCUT2D eigenvalue weighted by molar-refractivity contribution is -0.269.